The summed E-state index contributed by atoms with van der Waals surface area (Å²) >= 11 is 0. The second-order valence-corrected chi connectivity index (χ2v) is 3.09. The fraction of sp³-hybridized carbons (Fsp3) is 0.714. The Morgan fingerprint density at radius 1 is 1.62 bits per heavy atom. The van der Waals surface area contributed by atoms with E-state index in [9.17, 15) is 0 Å². The number of hydrogen-bond acceptors (Lipinski definition) is 4. The van der Waals surface area contributed by atoms with Gasteiger partial charge in [0.2, 0.25) is 5.89 Å². The predicted molar refractivity (Wildman–Crippen MR) is 45.7 cm³/mol. The Kier molecular flexibility index (Phi) is 3.28. The van der Waals surface area contributed by atoms with E-state index in [1.165, 1.54) is 0 Å². The van der Waals surface area contributed by atoms with Gasteiger partial charge in [0.15, 0.2) is 5.82 Å². The molecule has 0 N–H and O–H groups in total. The number of azide groups is 1. The van der Waals surface area contributed by atoms with Gasteiger partial charge < -0.3 is 4.52 Å². The smallest absolute Gasteiger partial charge is 0.232 e. The molecule has 1 aromatic heterocycles. The van der Waals surface area contributed by atoms with Crippen LogP contribution in [0.3, 0.4) is 0 Å². The lowest BCUT2D eigenvalue weighted by Crippen LogP contribution is -1.96. The number of hydrogen-bond donors (Lipinski definition) is 0. The Morgan fingerprint density at radius 2 is 2.38 bits per heavy atom. The van der Waals surface area contributed by atoms with Crippen LogP contribution in [0, 0.1) is 5.92 Å². The topological polar surface area (TPSA) is 87.7 Å². The molecule has 1 heterocycles. The molecule has 0 amide bonds. The van der Waals surface area contributed by atoms with Gasteiger partial charge in [0, 0.05) is 11.3 Å². The van der Waals surface area contributed by atoms with E-state index < -0.39 is 0 Å². The normalized spacial score (nSPS) is 10.1. The standard InChI is InChI=1S/C7H11N5O/c1-5(2)3-6-10-7(13-11-6)4-9-12-8/h5H,3-4H2,1-2H3. The van der Waals surface area contributed by atoms with Gasteiger partial charge in [0.1, 0.15) is 6.54 Å². The van der Waals surface area contributed by atoms with Gasteiger partial charge in [-0.15, -0.1) is 0 Å². The third-order valence-corrected chi connectivity index (χ3v) is 1.37. The minimum Gasteiger partial charge on any atom is -0.339 e. The molecule has 6 heteroatoms. The second-order valence-electron chi connectivity index (χ2n) is 3.09. The van der Waals surface area contributed by atoms with Crippen LogP contribution >= 0.6 is 0 Å². The molecule has 13 heavy (non-hydrogen) atoms. The molecule has 0 unspecified atom stereocenters. The van der Waals surface area contributed by atoms with Crippen LogP contribution in [0.2, 0.25) is 0 Å². The molecule has 0 fully saturated rings. The molecule has 6 nitrogen and oxygen atoms in total. The van der Waals surface area contributed by atoms with Crippen molar-refractivity contribution in [2.45, 2.75) is 26.8 Å². The molecular formula is C7H11N5O. The molecule has 0 aliphatic heterocycles. The highest BCUT2D eigenvalue weighted by Gasteiger charge is 2.06. The van der Waals surface area contributed by atoms with Crippen molar-refractivity contribution in [1.82, 2.24) is 10.1 Å². The molecule has 0 spiro atoms. The second kappa shape index (κ2) is 4.47. The molecule has 0 radical (unpaired) electrons. The molecule has 1 aromatic rings. The van der Waals surface area contributed by atoms with Gasteiger partial charge in [-0.05, 0) is 11.4 Å². The molecule has 70 valence electrons. The first-order valence-corrected chi connectivity index (χ1v) is 4.04. The Hall–Kier alpha value is -1.55. The molecule has 0 saturated heterocycles. The van der Waals surface area contributed by atoms with E-state index in [1.807, 2.05) is 0 Å². The lowest BCUT2D eigenvalue weighted by atomic mass is 10.1. The Bertz CT molecular complexity index is 312. The molecule has 0 aliphatic rings. The first-order valence-electron chi connectivity index (χ1n) is 4.04. The largest absolute Gasteiger partial charge is 0.339 e. The van der Waals surface area contributed by atoms with Crippen molar-refractivity contribution in [3.63, 3.8) is 0 Å². The number of aromatic nitrogens is 2. The summed E-state index contributed by atoms with van der Waals surface area (Å²) in [5.41, 5.74) is 8.05. The van der Waals surface area contributed by atoms with Crippen LogP contribution in [-0.2, 0) is 13.0 Å². The lowest BCUT2D eigenvalue weighted by Gasteiger charge is -1.95. The van der Waals surface area contributed by atoms with Crippen LogP contribution in [0.15, 0.2) is 9.64 Å². The minimum absolute atomic E-state index is 0.127. The van der Waals surface area contributed by atoms with Crippen LogP contribution < -0.4 is 0 Å². The third kappa shape index (κ3) is 3.13. The van der Waals surface area contributed by atoms with E-state index in [0.29, 0.717) is 17.6 Å². The first kappa shape index (κ1) is 9.54. The Morgan fingerprint density at radius 3 is 3.00 bits per heavy atom. The van der Waals surface area contributed by atoms with E-state index in [0.717, 1.165) is 6.42 Å². The van der Waals surface area contributed by atoms with Crippen LogP contribution in [0.5, 0.6) is 0 Å². The van der Waals surface area contributed by atoms with Crippen LogP contribution in [0.4, 0.5) is 0 Å². The summed E-state index contributed by atoms with van der Waals surface area (Å²) in [6.07, 6.45) is 0.778. The highest BCUT2D eigenvalue weighted by atomic mass is 16.5. The lowest BCUT2D eigenvalue weighted by molar-refractivity contribution is 0.372. The SMILES string of the molecule is CC(C)Cc1noc(CN=[N+]=[N-])n1. The summed E-state index contributed by atoms with van der Waals surface area (Å²) in [4.78, 5) is 6.64. The Labute approximate surface area is 75.6 Å². The summed E-state index contributed by atoms with van der Waals surface area (Å²) < 4.78 is 4.84. The summed E-state index contributed by atoms with van der Waals surface area (Å²) in [7, 11) is 0. The maximum absolute atomic E-state index is 8.05. The van der Waals surface area contributed by atoms with Crippen molar-refractivity contribution < 1.29 is 4.52 Å². The highest BCUT2D eigenvalue weighted by molar-refractivity contribution is 4.86. The molecule has 0 saturated carbocycles. The van der Waals surface area contributed by atoms with E-state index in [2.05, 4.69) is 34.0 Å². The molecule has 0 aromatic carbocycles. The van der Waals surface area contributed by atoms with E-state index in [-0.39, 0.29) is 6.54 Å². The highest BCUT2D eigenvalue weighted by Crippen LogP contribution is 2.05. The first-order chi connectivity index (χ1) is 6.22. The zero-order valence-electron chi connectivity index (χ0n) is 7.64. The molecule has 0 bridgehead atoms. The number of rotatable bonds is 4. The van der Waals surface area contributed by atoms with Crippen molar-refractivity contribution in [2.75, 3.05) is 0 Å². The monoisotopic (exact) mass is 181 g/mol. The molecule has 0 atom stereocenters. The average Bonchev–Trinajstić information content (AvgIpc) is 2.48. The fourth-order valence-electron chi connectivity index (χ4n) is 0.895. The zero-order chi connectivity index (χ0) is 9.68. The predicted octanol–water partition coefficient (Wildman–Crippen LogP) is 2.08. The van der Waals surface area contributed by atoms with E-state index in [1.54, 1.807) is 0 Å². The van der Waals surface area contributed by atoms with Gasteiger partial charge in [-0.1, -0.05) is 24.1 Å². The third-order valence-electron chi connectivity index (χ3n) is 1.37. The molecular weight excluding hydrogens is 170 g/mol. The molecule has 0 aliphatic carbocycles. The maximum atomic E-state index is 8.05. The van der Waals surface area contributed by atoms with Crippen LogP contribution in [-0.4, -0.2) is 10.1 Å². The summed E-state index contributed by atoms with van der Waals surface area (Å²) in [5.74, 6) is 1.52. The van der Waals surface area contributed by atoms with E-state index in [4.69, 9.17) is 10.1 Å². The number of nitrogens with zero attached hydrogens (tertiary/aromatic N) is 5. The van der Waals surface area contributed by atoms with Crippen molar-refractivity contribution in [1.29, 1.82) is 0 Å². The van der Waals surface area contributed by atoms with Gasteiger partial charge in [-0.2, -0.15) is 4.98 Å². The van der Waals surface area contributed by atoms with Crippen molar-refractivity contribution in [3.05, 3.63) is 22.2 Å². The van der Waals surface area contributed by atoms with Gasteiger partial charge in [0.25, 0.3) is 0 Å². The van der Waals surface area contributed by atoms with Crippen molar-refractivity contribution in [3.8, 4) is 0 Å². The van der Waals surface area contributed by atoms with Gasteiger partial charge in [-0.25, -0.2) is 0 Å². The van der Waals surface area contributed by atoms with Crippen LogP contribution in [0.1, 0.15) is 25.6 Å². The zero-order valence-corrected chi connectivity index (χ0v) is 7.64. The summed E-state index contributed by atoms with van der Waals surface area (Å²) in [6, 6.07) is 0. The van der Waals surface area contributed by atoms with Crippen molar-refractivity contribution in [2.24, 2.45) is 11.0 Å². The average molecular weight is 181 g/mol. The molecule has 1 rings (SSSR count). The minimum atomic E-state index is 0.127. The van der Waals surface area contributed by atoms with Gasteiger partial charge >= 0.3 is 0 Å². The van der Waals surface area contributed by atoms with Crippen molar-refractivity contribution >= 4 is 0 Å². The Balaban J connectivity index is 2.58. The van der Waals surface area contributed by atoms with E-state index >= 15 is 0 Å². The van der Waals surface area contributed by atoms with Crippen LogP contribution in [0.25, 0.3) is 10.4 Å². The van der Waals surface area contributed by atoms with Gasteiger partial charge in [-0.3, -0.25) is 0 Å². The summed E-state index contributed by atoms with van der Waals surface area (Å²) in [6.45, 7) is 4.27. The quantitative estimate of drug-likeness (QED) is 0.404. The van der Waals surface area contributed by atoms with Gasteiger partial charge in [0.05, 0.1) is 0 Å². The maximum Gasteiger partial charge on any atom is 0.232 e. The fourth-order valence-corrected chi connectivity index (χ4v) is 0.895. The summed E-state index contributed by atoms with van der Waals surface area (Å²) in [5, 5.41) is 7.06.